The van der Waals surface area contributed by atoms with Gasteiger partial charge >= 0.3 is 0 Å². The average molecular weight is 276 g/mol. The van der Waals surface area contributed by atoms with Crippen LogP contribution in [0, 0.1) is 0 Å². The van der Waals surface area contributed by atoms with Crippen LogP contribution in [-0.4, -0.2) is 29.4 Å². The summed E-state index contributed by atoms with van der Waals surface area (Å²) in [7, 11) is 0. The molecule has 0 N–H and O–H groups in total. The van der Waals surface area contributed by atoms with Crippen molar-refractivity contribution in [3.63, 3.8) is 0 Å². The van der Waals surface area contributed by atoms with Crippen molar-refractivity contribution in [2.24, 2.45) is 0 Å². The number of hydrogen-bond donors (Lipinski definition) is 0. The molecule has 1 saturated carbocycles. The molecule has 0 amide bonds. The molecule has 1 nitrogen and oxygen atoms in total. The molecule has 0 radical (unpaired) electrons. The summed E-state index contributed by atoms with van der Waals surface area (Å²) in [6, 6.07) is 0.896. The predicted octanol–water partition coefficient (Wildman–Crippen LogP) is 4.21. The highest BCUT2D eigenvalue weighted by Gasteiger charge is 2.19. The van der Waals surface area contributed by atoms with E-state index in [-0.39, 0.29) is 0 Å². The molecule has 1 fully saturated rings. The number of hydrogen-bond acceptors (Lipinski definition) is 1. The molecular weight excluding hydrogens is 250 g/mol. The van der Waals surface area contributed by atoms with Crippen molar-refractivity contribution in [2.45, 2.75) is 64.3 Å². The first-order valence-corrected chi connectivity index (χ1v) is 7.80. The lowest BCUT2D eigenvalue weighted by Gasteiger charge is -2.34. The van der Waals surface area contributed by atoms with Crippen LogP contribution >= 0.6 is 15.9 Å². The van der Waals surface area contributed by atoms with Crippen LogP contribution in [0.3, 0.4) is 0 Å². The van der Waals surface area contributed by atoms with Crippen LogP contribution in [0.1, 0.15) is 58.3 Å². The van der Waals surface area contributed by atoms with Gasteiger partial charge in [-0.15, -0.1) is 0 Å². The fourth-order valence-corrected chi connectivity index (χ4v) is 3.05. The Bertz CT molecular complexity index is 143. The number of alkyl halides is 1. The second kappa shape index (κ2) is 8.58. The standard InChI is InChI=1S/C13H26BrN/c1-2-3-7-11-15(12-10-14)13-8-5-4-6-9-13/h13H,2-12H2,1H3. The third-order valence-corrected chi connectivity index (χ3v) is 3.87. The molecule has 0 spiro atoms. The molecule has 0 aromatic heterocycles. The zero-order chi connectivity index (χ0) is 10.9. The van der Waals surface area contributed by atoms with Crippen LogP contribution in [0.2, 0.25) is 0 Å². The first-order chi connectivity index (χ1) is 7.38. The Kier molecular flexibility index (Phi) is 7.72. The summed E-state index contributed by atoms with van der Waals surface area (Å²) in [4.78, 5) is 2.73. The molecule has 0 heterocycles. The monoisotopic (exact) mass is 275 g/mol. The van der Waals surface area contributed by atoms with E-state index in [2.05, 4.69) is 27.8 Å². The Morgan fingerprint density at radius 3 is 2.40 bits per heavy atom. The summed E-state index contributed by atoms with van der Waals surface area (Å²) < 4.78 is 0. The molecule has 1 aliphatic rings. The smallest absolute Gasteiger partial charge is 0.0159 e. The minimum Gasteiger partial charge on any atom is -0.300 e. The van der Waals surface area contributed by atoms with Crippen molar-refractivity contribution < 1.29 is 0 Å². The highest BCUT2D eigenvalue weighted by molar-refractivity contribution is 9.09. The molecule has 2 heteroatoms. The minimum atomic E-state index is 0.896. The normalized spacial score (nSPS) is 18.6. The number of rotatable bonds is 7. The van der Waals surface area contributed by atoms with Gasteiger partial charge in [0.2, 0.25) is 0 Å². The summed E-state index contributed by atoms with van der Waals surface area (Å²) in [5, 5.41) is 1.13. The van der Waals surface area contributed by atoms with Crippen molar-refractivity contribution >= 4 is 15.9 Å². The van der Waals surface area contributed by atoms with Crippen LogP contribution in [0.25, 0.3) is 0 Å². The zero-order valence-electron chi connectivity index (χ0n) is 10.2. The summed E-state index contributed by atoms with van der Waals surface area (Å²) >= 11 is 3.58. The van der Waals surface area contributed by atoms with Gasteiger partial charge in [0.25, 0.3) is 0 Å². The van der Waals surface area contributed by atoms with Gasteiger partial charge in [0.1, 0.15) is 0 Å². The average Bonchev–Trinajstić information content (AvgIpc) is 2.29. The van der Waals surface area contributed by atoms with Crippen molar-refractivity contribution in [1.29, 1.82) is 0 Å². The Balaban J connectivity index is 2.26. The molecule has 1 aliphatic carbocycles. The van der Waals surface area contributed by atoms with Gasteiger partial charge in [0.05, 0.1) is 0 Å². The molecule has 0 aromatic rings. The lowest BCUT2D eigenvalue weighted by Crippen LogP contribution is -2.38. The molecular formula is C13H26BrN. The summed E-state index contributed by atoms with van der Waals surface area (Å²) in [5.74, 6) is 0. The first-order valence-electron chi connectivity index (χ1n) is 6.68. The topological polar surface area (TPSA) is 3.24 Å². The fourth-order valence-electron chi connectivity index (χ4n) is 2.60. The Morgan fingerprint density at radius 2 is 1.80 bits per heavy atom. The van der Waals surface area contributed by atoms with Gasteiger partial charge < -0.3 is 0 Å². The SMILES string of the molecule is CCCCCN(CCBr)C1CCCCC1. The maximum atomic E-state index is 3.58. The molecule has 1 rings (SSSR count). The van der Waals surface area contributed by atoms with E-state index in [9.17, 15) is 0 Å². The van der Waals surface area contributed by atoms with E-state index < -0.39 is 0 Å². The third kappa shape index (κ3) is 5.35. The predicted molar refractivity (Wildman–Crippen MR) is 71.8 cm³/mol. The fraction of sp³-hybridized carbons (Fsp3) is 1.00. The van der Waals surface area contributed by atoms with Gasteiger partial charge in [0, 0.05) is 17.9 Å². The molecule has 0 aliphatic heterocycles. The quantitative estimate of drug-likeness (QED) is 0.497. The largest absolute Gasteiger partial charge is 0.300 e. The second-order valence-corrected chi connectivity index (χ2v) is 5.52. The summed E-state index contributed by atoms with van der Waals surface area (Å²) in [6.45, 7) is 4.86. The summed E-state index contributed by atoms with van der Waals surface area (Å²) in [5.41, 5.74) is 0. The van der Waals surface area contributed by atoms with Crippen LogP contribution in [0.15, 0.2) is 0 Å². The van der Waals surface area contributed by atoms with E-state index in [1.165, 1.54) is 64.5 Å². The van der Waals surface area contributed by atoms with Crippen LogP contribution in [-0.2, 0) is 0 Å². The van der Waals surface area contributed by atoms with Crippen molar-refractivity contribution in [1.82, 2.24) is 4.90 Å². The van der Waals surface area contributed by atoms with Crippen LogP contribution in [0.5, 0.6) is 0 Å². The van der Waals surface area contributed by atoms with E-state index in [4.69, 9.17) is 0 Å². The lowest BCUT2D eigenvalue weighted by molar-refractivity contribution is 0.162. The lowest BCUT2D eigenvalue weighted by atomic mass is 9.94. The second-order valence-electron chi connectivity index (χ2n) is 4.72. The van der Waals surface area contributed by atoms with Crippen molar-refractivity contribution in [3.05, 3.63) is 0 Å². The Labute approximate surface area is 104 Å². The van der Waals surface area contributed by atoms with E-state index in [0.717, 1.165) is 11.4 Å². The summed E-state index contributed by atoms with van der Waals surface area (Å²) in [6.07, 6.45) is 11.4. The van der Waals surface area contributed by atoms with E-state index in [1.54, 1.807) is 0 Å². The Morgan fingerprint density at radius 1 is 1.07 bits per heavy atom. The first kappa shape index (κ1) is 13.5. The van der Waals surface area contributed by atoms with Gasteiger partial charge in [-0.3, -0.25) is 4.90 Å². The third-order valence-electron chi connectivity index (χ3n) is 3.51. The number of halogens is 1. The zero-order valence-corrected chi connectivity index (χ0v) is 11.8. The highest BCUT2D eigenvalue weighted by Crippen LogP contribution is 2.23. The van der Waals surface area contributed by atoms with Gasteiger partial charge in [-0.25, -0.2) is 0 Å². The highest BCUT2D eigenvalue weighted by atomic mass is 79.9. The van der Waals surface area contributed by atoms with E-state index >= 15 is 0 Å². The molecule has 0 bridgehead atoms. The molecule has 0 atom stereocenters. The number of nitrogens with zero attached hydrogens (tertiary/aromatic N) is 1. The van der Waals surface area contributed by atoms with Gasteiger partial charge in [-0.2, -0.15) is 0 Å². The van der Waals surface area contributed by atoms with Gasteiger partial charge in [0.15, 0.2) is 0 Å². The maximum absolute atomic E-state index is 3.58. The van der Waals surface area contributed by atoms with Crippen LogP contribution in [0.4, 0.5) is 0 Å². The molecule has 0 saturated heterocycles. The van der Waals surface area contributed by atoms with E-state index in [0.29, 0.717) is 0 Å². The molecule has 90 valence electrons. The van der Waals surface area contributed by atoms with Gasteiger partial charge in [-0.05, 0) is 25.8 Å². The minimum absolute atomic E-state index is 0.896. The maximum Gasteiger partial charge on any atom is 0.0159 e. The Hall–Kier alpha value is 0.440. The van der Waals surface area contributed by atoms with Crippen molar-refractivity contribution in [2.75, 3.05) is 18.4 Å². The number of unbranched alkanes of at least 4 members (excludes halogenated alkanes) is 2. The van der Waals surface area contributed by atoms with Crippen molar-refractivity contribution in [3.8, 4) is 0 Å². The molecule has 0 unspecified atom stereocenters. The molecule has 0 aromatic carbocycles. The van der Waals surface area contributed by atoms with Gasteiger partial charge in [-0.1, -0.05) is 55.0 Å². The van der Waals surface area contributed by atoms with Crippen LogP contribution < -0.4 is 0 Å². The molecule has 15 heavy (non-hydrogen) atoms. The van der Waals surface area contributed by atoms with E-state index in [1.807, 2.05) is 0 Å².